The summed E-state index contributed by atoms with van der Waals surface area (Å²) in [5.41, 5.74) is 6.91. The van der Waals surface area contributed by atoms with Gasteiger partial charge in [-0.15, -0.1) is 12.4 Å². The predicted molar refractivity (Wildman–Crippen MR) is 92.4 cm³/mol. The molecule has 3 unspecified atom stereocenters. The third-order valence-electron chi connectivity index (χ3n) is 4.23. The molecule has 130 valence electrons. The molecule has 0 bridgehead atoms. The fraction of sp³-hybridized carbons (Fsp3) is 0.588. The van der Waals surface area contributed by atoms with Crippen molar-refractivity contribution >= 4 is 18.3 Å². The van der Waals surface area contributed by atoms with Gasteiger partial charge in [-0.1, -0.05) is 30.3 Å². The summed E-state index contributed by atoms with van der Waals surface area (Å²) in [5.74, 6) is 0.0414. The Labute approximate surface area is 144 Å². The first-order valence-electron chi connectivity index (χ1n) is 7.94. The summed E-state index contributed by atoms with van der Waals surface area (Å²) in [5, 5.41) is 13.1. The molecule has 5 nitrogen and oxygen atoms in total. The molecule has 1 aromatic rings. The molecule has 1 saturated heterocycles. The molecule has 1 aliphatic heterocycles. The van der Waals surface area contributed by atoms with Gasteiger partial charge in [0, 0.05) is 19.3 Å². The molecule has 0 aliphatic carbocycles. The normalized spacial score (nSPS) is 19.3. The lowest BCUT2D eigenvalue weighted by Crippen LogP contribution is -2.49. The highest BCUT2D eigenvalue weighted by Crippen LogP contribution is 2.19. The second-order valence-corrected chi connectivity index (χ2v) is 6.05. The minimum Gasteiger partial charge on any atom is -0.388 e. The molecule has 3 atom stereocenters. The lowest BCUT2D eigenvalue weighted by Gasteiger charge is -2.28. The van der Waals surface area contributed by atoms with Gasteiger partial charge in [0.25, 0.3) is 0 Å². The maximum absolute atomic E-state index is 12.2. The number of aliphatic hydroxyl groups is 1. The maximum Gasteiger partial charge on any atom is 0.237 e. The van der Waals surface area contributed by atoms with Crippen LogP contribution in [0, 0.1) is 5.92 Å². The number of rotatable bonds is 6. The average molecular weight is 343 g/mol. The smallest absolute Gasteiger partial charge is 0.237 e. The number of hydrogen-bond acceptors (Lipinski definition) is 4. The number of carbonyl (C=O) groups is 1. The third kappa shape index (κ3) is 6.11. The van der Waals surface area contributed by atoms with E-state index in [0.717, 1.165) is 18.4 Å². The van der Waals surface area contributed by atoms with Crippen molar-refractivity contribution in [3.63, 3.8) is 0 Å². The number of benzene rings is 1. The zero-order valence-electron chi connectivity index (χ0n) is 13.5. The van der Waals surface area contributed by atoms with E-state index < -0.39 is 12.1 Å². The fourth-order valence-electron chi connectivity index (χ4n) is 2.83. The Morgan fingerprint density at radius 2 is 1.96 bits per heavy atom. The van der Waals surface area contributed by atoms with Crippen molar-refractivity contribution in [3.05, 3.63) is 35.9 Å². The van der Waals surface area contributed by atoms with Crippen LogP contribution < -0.4 is 11.1 Å². The maximum atomic E-state index is 12.2. The molecule has 2 rings (SSSR count). The molecule has 1 amide bonds. The van der Waals surface area contributed by atoms with Crippen LogP contribution >= 0.6 is 12.4 Å². The van der Waals surface area contributed by atoms with Crippen LogP contribution in [0.25, 0.3) is 0 Å². The Balaban J connectivity index is 0.00000264. The third-order valence-corrected chi connectivity index (χ3v) is 4.23. The van der Waals surface area contributed by atoms with E-state index >= 15 is 0 Å². The number of aliphatic hydroxyl groups excluding tert-OH is 1. The summed E-state index contributed by atoms with van der Waals surface area (Å²) in [4.78, 5) is 12.2. The van der Waals surface area contributed by atoms with Crippen LogP contribution in [0.2, 0.25) is 0 Å². The van der Waals surface area contributed by atoms with Crippen LogP contribution in [-0.2, 0) is 9.53 Å². The predicted octanol–water partition coefficient (Wildman–Crippen LogP) is 1.79. The Morgan fingerprint density at radius 1 is 1.35 bits per heavy atom. The summed E-state index contributed by atoms with van der Waals surface area (Å²) in [6.07, 6.45) is 1.54. The van der Waals surface area contributed by atoms with E-state index in [1.165, 1.54) is 0 Å². The van der Waals surface area contributed by atoms with E-state index in [1.807, 2.05) is 37.3 Å². The van der Waals surface area contributed by atoms with E-state index in [9.17, 15) is 9.90 Å². The van der Waals surface area contributed by atoms with Crippen molar-refractivity contribution in [1.82, 2.24) is 5.32 Å². The van der Waals surface area contributed by atoms with Gasteiger partial charge < -0.3 is 20.9 Å². The number of carbonyl (C=O) groups excluding carboxylic acids is 1. The highest BCUT2D eigenvalue weighted by atomic mass is 35.5. The molecule has 23 heavy (non-hydrogen) atoms. The first-order chi connectivity index (χ1) is 10.6. The van der Waals surface area contributed by atoms with E-state index in [0.29, 0.717) is 19.6 Å². The van der Waals surface area contributed by atoms with Crippen molar-refractivity contribution < 1.29 is 14.6 Å². The lowest BCUT2D eigenvalue weighted by molar-refractivity contribution is -0.125. The van der Waals surface area contributed by atoms with Crippen LogP contribution in [0.3, 0.4) is 0 Å². The molecular formula is C17H27ClN2O3. The molecule has 0 radical (unpaired) electrons. The molecule has 0 saturated carbocycles. The first kappa shape index (κ1) is 19.9. The summed E-state index contributed by atoms with van der Waals surface area (Å²) < 4.78 is 5.29. The second-order valence-electron chi connectivity index (χ2n) is 6.05. The Morgan fingerprint density at radius 3 is 2.57 bits per heavy atom. The van der Waals surface area contributed by atoms with Crippen molar-refractivity contribution in [2.75, 3.05) is 13.2 Å². The number of halogens is 1. The van der Waals surface area contributed by atoms with Gasteiger partial charge >= 0.3 is 0 Å². The highest BCUT2D eigenvalue weighted by Gasteiger charge is 2.27. The minimum absolute atomic E-state index is 0. The summed E-state index contributed by atoms with van der Waals surface area (Å²) >= 11 is 0. The van der Waals surface area contributed by atoms with Crippen LogP contribution in [-0.4, -0.2) is 36.3 Å². The van der Waals surface area contributed by atoms with Gasteiger partial charge in [-0.25, -0.2) is 0 Å². The SMILES string of the molecule is CC(CC(O)c1ccccc1)NC(=O)C(N)C1CCOCC1.Cl. The quantitative estimate of drug-likeness (QED) is 0.736. The van der Waals surface area contributed by atoms with Crippen molar-refractivity contribution in [2.24, 2.45) is 11.7 Å². The topological polar surface area (TPSA) is 84.6 Å². The average Bonchev–Trinajstić information content (AvgIpc) is 2.55. The minimum atomic E-state index is -0.587. The molecular weight excluding hydrogens is 316 g/mol. The van der Waals surface area contributed by atoms with Gasteiger partial charge in [-0.05, 0) is 37.7 Å². The van der Waals surface area contributed by atoms with Crippen LogP contribution in [0.1, 0.15) is 37.9 Å². The van der Waals surface area contributed by atoms with Gasteiger partial charge in [0.05, 0.1) is 12.1 Å². The number of ether oxygens (including phenoxy) is 1. The molecule has 1 heterocycles. The van der Waals surface area contributed by atoms with Gasteiger partial charge in [0.1, 0.15) is 0 Å². The molecule has 0 spiro atoms. The van der Waals surface area contributed by atoms with Crippen molar-refractivity contribution in [3.8, 4) is 0 Å². The van der Waals surface area contributed by atoms with E-state index in [2.05, 4.69) is 5.32 Å². The number of nitrogens with one attached hydrogen (secondary N) is 1. The van der Waals surface area contributed by atoms with Crippen LogP contribution in [0.4, 0.5) is 0 Å². The Bertz CT molecular complexity index is 466. The monoisotopic (exact) mass is 342 g/mol. The van der Waals surface area contributed by atoms with Gasteiger partial charge in [-0.2, -0.15) is 0 Å². The van der Waals surface area contributed by atoms with Gasteiger partial charge in [-0.3, -0.25) is 4.79 Å². The Kier molecular flexibility index (Phi) is 8.55. The van der Waals surface area contributed by atoms with E-state index in [4.69, 9.17) is 10.5 Å². The molecule has 6 heteroatoms. The number of nitrogens with two attached hydrogens (primary N) is 1. The second kappa shape index (κ2) is 9.88. The van der Waals surface area contributed by atoms with Crippen molar-refractivity contribution in [2.45, 2.75) is 44.4 Å². The van der Waals surface area contributed by atoms with E-state index in [-0.39, 0.29) is 30.3 Å². The number of hydrogen-bond donors (Lipinski definition) is 3. The largest absolute Gasteiger partial charge is 0.388 e. The standard InChI is InChI=1S/C17H26N2O3.ClH/c1-12(11-15(20)13-5-3-2-4-6-13)19-17(21)16(18)14-7-9-22-10-8-14;/h2-6,12,14-16,20H,7-11,18H2,1H3,(H,19,21);1H. The summed E-state index contributed by atoms with van der Waals surface area (Å²) in [7, 11) is 0. The summed E-state index contributed by atoms with van der Waals surface area (Å²) in [6.45, 7) is 3.24. The highest BCUT2D eigenvalue weighted by molar-refractivity contribution is 5.85. The lowest BCUT2D eigenvalue weighted by atomic mass is 9.91. The Hall–Kier alpha value is -1.14. The molecule has 1 fully saturated rings. The molecule has 0 aromatic heterocycles. The zero-order valence-corrected chi connectivity index (χ0v) is 14.3. The number of amides is 1. The van der Waals surface area contributed by atoms with Crippen LogP contribution in [0.5, 0.6) is 0 Å². The van der Waals surface area contributed by atoms with E-state index in [1.54, 1.807) is 0 Å². The summed E-state index contributed by atoms with van der Waals surface area (Å²) in [6, 6.07) is 8.83. The first-order valence-corrected chi connectivity index (χ1v) is 7.94. The van der Waals surface area contributed by atoms with Gasteiger partial charge in [0.2, 0.25) is 5.91 Å². The van der Waals surface area contributed by atoms with Crippen LogP contribution in [0.15, 0.2) is 30.3 Å². The molecule has 1 aromatic carbocycles. The zero-order chi connectivity index (χ0) is 15.9. The van der Waals surface area contributed by atoms with Crippen molar-refractivity contribution in [1.29, 1.82) is 0 Å². The molecule has 1 aliphatic rings. The molecule has 4 N–H and O–H groups in total. The fourth-order valence-corrected chi connectivity index (χ4v) is 2.83. The van der Waals surface area contributed by atoms with Gasteiger partial charge in [0.15, 0.2) is 0 Å².